The summed E-state index contributed by atoms with van der Waals surface area (Å²) in [6.45, 7) is 1.79. The fourth-order valence-electron chi connectivity index (χ4n) is 3.17. The molecule has 2 fully saturated rings. The summed E-state index contributed by atoms with van der Waals surface area (Å²) < 4.78 is 0. The van der Waals surface area contributed by atoms with Crippen LogP contribution in [-0.4, -0.2) is 17.9 Å². The quantitative estimate of drug-likeness (QED) is 0.537. The molecule has 0 saturated heterocycles. The van der Waals surface area contributed by atoms with Crippen LogP contribution in [0.4, 0.5) is 0 Å². The number of hydrogen-bond acceptors (Lipinski definition) is 3. The third-order valence-electron chi connectivity index (χ3n) is 4.41. The van der Waals surface area contributed by atoms with Crippen LogP contribution in [0.2, 0.25) is 0 Å². The molecule has 2 aliphatic rings. The molecule has 0 unspecified atom stereocenters. The molecule has 2 aliphatic carbocycles. The van der Waals surface area contributed by atoms with E-state index in [1.165, 1.54) is 25.3 Å². The largest absolute Gasteiger partial charge is 0.350 e. The van der Waals surface area contributed by atoms with Crippen molar-refractivity contribution in [1.82, 2.24) is 16.2 Å². The molecular formula is C16H27N3O2. The van der Waals surface area contributed by atoms with Crippen molar-refractivity contribution < 1.29 is 9.59 Å². The molecule has 0 atom stereocenters. The molecule has 5 nitrogen and oxygen atoms in total. The van der Waals surface area contributed by atoms with Gasteiger partial charge in [0, 0.05) is 23.7 Å². The second-order valence-electron chi connectivity index (χ2n) is 6.27. The summed E-state index contributed by atoms with van der Waals surface area (Å²) >= 11 is 0. The van der Waals surface area contributed by atoms with Gasteiger partial charge in [0.15, 0.2) is 0 Å². The minimum Gasteiger partial charge on any atom is -0.350 e. The molecule has 0 bridgehead atoms. The van der Waals surface area contributed by atoms with Gasteiger partial charge in [-0.3, -0.25) is 15.0 Å². The Labute approximate surface area is 126 Å². The lowest BCUT2D eigenvalue weighted by molar-refractivity contribution is -0.126. The van der Waals surface area contributed by atoms with Gasteiger partial charge < -0.3 is 10.7 Å². The Bertz CT molecular complexity index is 394. The van der Waals surface area contributed by atoms with Crippen LogP contribution in [0.3, 0.4) is 0 Å². The van der Waals surface area contributed by atoms with Crippen LogP contribution in [0.1, 0.15) is 64.7 Å². The molecular weight excluding hydrogens is 266 g/mol. The van der Waals surface area contributed by atoms with Crippen LogP contribution in [0.25, 0.3) is 0 Å². The monoisotopic (exact) mass is 293 g/mol. The summed E-state index contributed by atoms with van der Waals surface area (Å²) in [6, 6.07) is 0.318. The summed E-state index contributed by atoms with van der Waals surface area (Å²) in [5, 5.41) is 2.99. The van der Waals surface area contributed by atoms with Crippen molar-refractivity contribution >= 4 is 11.8 Å². The summed E-state index contributed by atoms with van der Waals surface area (Å²) in [5.41, 5.74) is 6.21. The molecule has 5 heteroatoms. The lowest BCUT2D eigenvalue weighted by Crippen LogP contribution is -2.41. The highest BCUT2D eigenvalue weighted by Gasteiger charge is 2.20. The summed E-state index contributed by atoms with van der Waals surface area (Å²) in [4.78, 5) is 23.8. The van der Waals surface area contributed by atoms with E-state index >= 15 is 0 Å². The van der Waals surface area contributed by atoms with Gasteiger partial charge in [-0.2, -0.15) is 0 Å². The van der Waals surface area contributed by atoms with Gasteiger partial charge in [-0.15, -0.1) is 0 Å². The molecule has 2 rings (SSSR count). The van der Waals surface area contributed by atoms with Gasteiger partial charge in [0.05, 0.1) is 0 Å². The predicted octanol–water partition coefficient (Wildman–Crippen LogP) is 2.15. The number of amides is 2. The first kappa shape index (κ1) is 15.9. The molecule has 0 aromatic carbocycles. The lowest BCUT2D eigenvalue weighted by Gasteiger charge is -2.21. The number of carbonyl (C=O) groups is 2. The number of allylic oxidation sites excluding steroid dienone is 1. The van der Waals surface area contributed by atoms with Gasteiger partial charge >= 0.3 is 0 Å². The van der Waals surface area contributed by atoms with Crippen LogP contribution in [0.5, 0.6) is 0 Å². The van der Waals surface area contributed by atoms with E-state index < -0.39 is 0 Å². The molecule has 3 N–H and O–H groups in total. The van der Waals surface area contributed by atoms with E-state index in [9.17, 15) is 9.59 Å². The fourth-order valence-corrected chi connectivity index (χ4v) is 3.17. The standard InChI is InChI=1S/C16H27N3O2/c1-12(11-15(20)17-14-9-5-6-10-14)18-19-16(21)13-7-3-2-4-8-13/h11,13-14,18H,2-10H2,1H3,(H,17,20)(H,19,21)/b12-11-. The summed E-state index contributed by atoms with van der Waals surface area (Å²) in [5.74, 6) is 0.0730. The highest BCUT2D eigenvalue weighted by Crippen LogP contribution is 2.23. The Hall–Kier alpha value is -1.52. The average molecular weight is 293 g/mol. The average Bonchev–Trinajstić information content (AvgIpc) is 2.98. The lowest BCUT2D eigenvalue weighted by atomic mass is 9.89. The van der Waals surface area contributed by atoms with Crippen LogP contribution >= 0.6 is 0 Å². The van der Waals surface area contributed by atoms with E-state index in [-0.39, 0.29) is 17.7 Å². The van der Waals surface area contributed by atoms with E-state index in [1.807, 2.05) is 0 Å². The highest BCUT2D eigenvalue weighted by atomic mass is 16.2. The Balaban J connectivity index is 1.69. The molecule has 2 saturated carbocycles. The zero-order valence-corrected chi connectivity index (χ0v) is 12.9. The maximum absolute atomic E-state index is 12.0. The summed E-state index contributed by atoms with van der Waals surface area (Å²) in [6.07, 6.45) is 11.5. The number of rotatable bonds is 5. The molecule has 0 radical (unpaired) electrons. The van der Waals surface area contributed by atoms with Crippen molar-refractivity contribution in [3.05, 3.63) is 11.8 Å². The Morgan fingerprint density at radius 2 is 1.52 bits per heavy atom. The third kappa shape index (κ3) is 5.40. The van der Waals surface area contributed by atoms with Crippen LogP contribution < -0.4 is 16.2 Å². The third-order valence-corrected chi connectivity index (χ3v) is 4.41. The van der Waals surface area contributed by atoms with E-state index in [0.29, 0.717) is 11.7 Å². The van der Waals surface area contributed by atoms with Gasteiger partial charge in [-0.1, -0.05) is 32.1 Å². The first-order valence-electron chi connectivity index (χ1n) is 8.20. The zero-order valence-electron chi connectivity index (χ0n) is 12.9. The molecule has 2 amide bonds. The fraction of sp³-hybridized carbons (Fsp3) is 0.750. The van der Waals surface area contributed by atoms with Crippen molar-refractivity contribution in [2.75, 3.05) is 0 Å². The minimum atomic E-state index is -0.0844. The number of hydrazine groups is 1. The van der Waals surface area contributed by atoms with Gasteiger partial charge in [-0.05, 0) is 32.6 Å². The molecule has 0 heterocycles. The number of nitrogens with one attached hydrogen (secondary N) is 3. The van der Waals surface area contributed by atoms with E-state index in [2.05, 4.69) is 16.2 Å². The van der Waals surface area contributed by atoms with Gasteiger partial charge in [0.1, 0.15) is 0 Å². The first-order chi connectivity index (χ1) is 10.1. The molecule has 21 heavy (non-hydrogen) atoms. The number of hydrogen-bond donors (Lipinski definition) is 3. The van der Waals surface area contributed by atoms with Crippen molar-refractivity contribution in [2.45, 2.75) is 70.8 Å². The van der Waals surface area contributed by atoms with Gasteiger partial charge in [-0.25, -0.2) is 0 Å². The van der Waals surface area contributed by atoms with Crippen LogP contribution in [-0.2, 0) is 9.59 Å². The maximum Gasteiger partial charge on any atom is 0.245 e. The normalized spacial score (nSPS) is 21.1. The van der Waals surface area contributed by atoms with Crippen LogP contribution in [0.15, 0.2) is 11.8 Å². The van der Waals surface area contributed by atoms with Crippen LogP contribution in [0, 0.1) is 5.92 Å². The van der Waals surface area contributed by atoms with E-state index in [1.54, 1.807) is 6.92 Å². The number of carbonyl (C=O) groups excluding carboxylic acids is 2. The smallest absolute Gasteiger partial charge is 0.245 e. The molecule has 0 aromatic heterocycles. The van der Waals surface area contributed by atoms with Crippen molar-refractivity contribution in [3.63, 3.8) is 0 Å². The second-order valence-corrected chi connectivity index (χ2v) is 6.27. The Kier molecular flexibility index (Phi) is 6.08. The van der Waals surface area contributed by atoms with E-state index in [0.717, 1.165) is 38.5 Å². The van der Waals surface area contributed by atoms with Crippen molar-refractivity contribution in [2.24, 2.45) is 5.92 Å². The molecule has 118 valence electrons. The topological polar surface area (TPSA) is 70.2 Å². The van der Waals surface area contributed by atoms with Gasteiger partial charge in [0.25, 0.3) is 0 Å². The van der Waals surface area contributed by atoms with Crippen molar-refractivity contribution in [1.29, 1.82) is 0 Å². The van der Waals surface area contributed by atoms with E-state index in [4.69, 9.17) is 0 Å². The highest BCUT2D eigenvalue weighted by molar-refractivity contribution is 5.88. The maximum atomic E-state index is 12.0. The Morgan fingerprint density at radius 3 is 2.19 bits per heavy atom. The second kappa shape index (κ2) is 8.05. The summed E-state index contributed by atoms with van der Waals surface area (Å²) in [7, 11) is 0. The molecule has 0 spiro atoms. The zero-order chi connectivity index (χ0) is 15.1. The first-order valence-corrected chi connectivity index (χ1v) is 8.20. The minimum absolute atomic E-state index is 0.0404. The molecule has 0 aromatic rings. The van der Waals surface area contributed by atoms with Gasteiger partial charge in [0.2, 0.25) is 11.8 Å². The Morgan fingerprint density at radius 1 is 0.905 bits per heavy atom. The SMILES string of the molecule is C/C(=C/C(=O)NC1CCCC1)NNC(=O)C1CCCCC1. The molecule has 0 aliphatic heterocycles. The predicted molar refractivity (Wildman–Crippen MR) is 82.0 cm³/mol. The van der Waals surface area contributed by atoms with Crippen molar-refractivity contribution in [3.8, 4) is 0 Å².